The third-order valence-electron chi connectivity index (χ3n) is 5.82. The minimum atomic E-state index is -3.72. The van der Waals surface area contributed by atoms with Gasteiger partial charge in [0.2, 0.25) is 0 Å². The number of nitrogens with zero attached hydrogens (tertiary/aromatic N) is 1. The van der Waals surface area contributed by atoms with Crippen LogP contribution in [0.2, 0.25) is 0 Å². The molecule has 5 heteroatoms. The van der Waals surface area contributed by atoms with Gasteiger partial charge in [0.1, 0.15) is 0 Å². The van der Waals surface area contributed by atoms with E-state index in [4.69, 9.17) is 0 Å². The summed E-state index contributed by atoms with van der Waals surface area (Å²) in [5.41, 5.74) is 2.09. The lowest BCUT2D eigenvalue weighted by Gasteiger charge is -2.51. The van der Waals surface area contributed by atoms with E-state index in [1.165, 1.54) is 5.56 Å². The summed E-state index contributed by atoms with van der Waals surface area (Å²) in [5.74, 6) is 0. The van der Waals surface area contributed by atoms with Crippen LogP contribution in [0.3, 0.4) is 0 Å². The van der Waals surface area contributed by atoms with Crippen LogP contribution in [0.15, 0.2) is 88.2 Å². The van der Waals surface area contributed by atoms with Gasteiger partial charge >= 0.3 is 0 Å². The Balaban J connectivity index is 1.94. The highest BCUT2D eigenvalue weighted by Crippen LogP contribution is 2.51. The highest BCUT2D eigenvalue weighted by atomic mass is 79.9. The molecule has 3 aromatic carbocycles. The molecule has 0 spiro atoms. The van der Waals surface area contributed by atoms with E-state index in [1.807, 2.05) is 50.2 Å². The highest BCUT2D eigenvalue weighted by molar-refractivity contribution is 9.10. The molecule has 1 heterocycles. The molecule has 0 amide bonds. The SMILES string of the molecule is CC1(C)C[C@](C)(c2ccccc2)c2ccccc2N1S(=O)(=O)c1ccc(Br)cc1. The minimum absolute atomic E-state index is 0.285. The molecule has 3 aromatic rings. The summed E-state index contributed by atoms with van der Waals surface area (Å²) in [4.78, 5) is 0.298. The Morgan fingerprint density at radius 1 is 0.828 bits per heavy atom. The summed E-state index contributed by atoms with van der Waals surface area (Å²) in [6.07, 6.45) is 0.677. The summed E-state index contributed by atoms with van der Waals surface area (Å²) in [6.45, 7) is 6.24. The number of rotatable bonds is 3. The van der Waals surface area contributed by atoms with Crippen LogP contribution in [0.1, 0.15) is 38.3 Å². The van der Waals surface area contributed by atoms with Crippen molar-refractivity contribution in [2.75, 3.05) is 4.31 Å². The fourth-order valence-electron chi connectivity index (χ4n) is 4.71. The van der Waals surface area contributed by atoms with Gasteiger partial charge in [0.05, 0.1) is 16.1 Å². The third-order valence-corrected chi connectivity index (χ3v) is 8.38. The number of para-hydroxylation sites is 1. The first-order valence-electron chi connectivity index (χ1n) is 9.62. The van der Waals surface area contributed by atoms with E-state index in [9.17, 15) is 8.42 Å². The van der Waals surface area contributed by atoms with Crippen molar-refractivity contribution in [3.63, 3.8) is 0 Å². The Morgan fingerprint density at radius 3 is 2.07 bits per heavy atom. The Morgan fingerprint density at radius 2 is 1.41 bits per heavy atom. The summed E-state index contributed by atoms with van der Waals surface area (Å²) in [6, 6.07) is 25.1. The van der Waals surface area contributed by atoms with Gasteiger partial charge < -0.3 is 0 Å². The number of anilines is 1. The van der Waals surface area contributed by atoms with Crippen molar-refractivity contribution in [2.45, 2.75) is 43.0 Å². The van der Waals surface area contributed by atoms with Crippen molar-refractivity contribution in [2.24, 2.45) is 0 Å². The van der Waals surface area contributed by atoms with Crippen molar-refractivity contribution in [3.05, 3.63) is 94.5 Å². The van der Waals surface area contributed by atoms with Gasteiger partial charge in [-0.1, -0.05) is 71.4 Å². The van der Waals surface area contributed by atoms with Crippen LogP contribution in [0.4, 0.5) is 5.69 Å². The van der Waals surface area contributed by atoms with E-state index < -0.39 is 15.6 Å². The maximum atomic E-state index is 13.7. The van der Waals surface area contributed by atoms with Crippen LogP contribution in [0.25, 0.3) is 0 Å². The molecule has 0 N–H and O–H groups in total. The normalized spacial score (nSPS) is 20.9. The number of fused-ring (bicyclic) bond motifs is 1. The molecule has 1 aliphatic heterocycles. The number of hydrogen-bond donors (Lipinski definition) is 0. The maximum absolute atomic E-state index is 13.7. The van der Waals surface area contributed by atoms with Gasteiger partial charge in [-0.05, 0) is 61.7 Å². The summed E-state index contributed by atoms with van der Waals surface area (Å²) in [7, 11) is -3.72. The van der Waals surface area contributed by atoms with E-state index in [2.05, 4.69) is 41.1 Å². The van der Waals surface area contributed by atoms with Crippen LogP contribution in [-0.4, -0.2) is 14.0 Å². The van der Waals surface area contributed by atoms with E-state index in [0.717, 1.165) is 15.7 Å². The molecule has 0 bridgehead atoms. The van der Waals surface area contributed by atoms with E-state index in [-0.39, 0.29) is 5.41 Å². The monoisotopic (exact) mass is 469 g/mol. The molecule has 1 atom stereocenters. The molecular formula is C24H24BrNO2S. The molecular weight excluding hydrogens is 446 g/mol. The second kappa shape index (κ2) is 6.99. The first-order chi connectivity index (χ1) is 13.7. The van der Waals surface area contributed by atoms with E-state index in [0.29, 0.717) is 11.3 Å². The lowest BCUT2D eigenvalue weighted by molar-refractivity contribution is 0.351. The lowest BCUT2D eigenvalue weighted by atomic mass is 9.66. The van der Waals surface area contributed by atoms with Crippen LogP contribution >= 0.6 is 15.9 Å². The van der Waals surface area contributed by atoms with Gasteiger partial charge in [-0.2, -0.15) is 0 Å². The van der Waals surface area contributed by atoms with Crippen LogP contribution in [0.5, 0.6) is 0 Å². The first kappa shape index (κ1) is 20.2. The minimum Gasteiger partial charge on any atom is -0.260 e. The van der Waals surface area contributed by atoms with Crippen molar-refractivity contribution in [1.82, 2.24) is 0 Å². The maximum Gasteiger partial charge on any atom is 0.264 e. The zero-order valence-corrected chi connectivity index (χ0v) is 19.2. The van der Waals surface area contributed by atoms with E-state index in [1.54, 1.807) is 28.6 Å². The van der Waals surface area contributed by atoms with Gasteiger partial charge in [0, 0.05) is 9.89 Å². The second-order valence-corrected chi connectivity index (χ2v) is 11.1. The summed E-state index contributed by atoms with van der Waals surface area (Å²) >= 11 is 3.39. The average molecular weight is 470 g/mol. The topological polar surface area (TPSA) is 37.4 Å². The molecule has 0 saturated carbocycles. The molecule has 0 aliphatic carbocycles. The van der Waals surface area contributed by atoms with Crippen LogP contribution < -0.4 is 4.31 Å². The Kier molecular flexibility index (Phi) is 4.87. The van der Waals surface area contributed by atoms with Gasteiger partial charge in [0.25, 0.3) is 10.0 Å². The molecule has 150 valence electrons. The Labute approximate surface area is 181 Å². The molecule has 1 aliphatic rings. The van der Waals surface area contributed by atoms with E-state index >= 15 is 0 Å². The smallest absolute Gasteiger partial charge is 0.260 e. The Bertz CT molecular complexity index is 1140. The summed E-state index contributed by atoms with van der Waals surface area (Å²) < 4.78 is 29.9. The molecule has 0 saturated heterocycles. The average Bonchev–Trinajstić information content (AvgIpc) is 2.68. The van der Waals surface area contributed by atoms with Crippen molar-refractivity contribution in [3.8, 4) is 0 Å². The molecule has 0 radical (unpaired) electrons. The predicted molar refractivity (Wildman–Crippen MR) is 122 cm³/mol. The number of sulfonamides is 1. The fourth-order valence-corrected chi connectivity index (χ4v) is 6.79. The summed E-state index contributed by atoms with van der Waals surface area (Å²) in [5, 5.41) is 0. The van der Waals surface area contributed by atoms with Crippen molar-refractivity contribution < 1.29 is 8.42 Å². The zero-order chi connectivity index (χ0) is 20.9. The van der Waals surface area contributed by atoms with Crippen molar-refractivity contribution >= 4 is 31.6 Å². The Hall–Kier alpha value is -2.11. The first-order valence-corrected chi connectivity index (χ1v) is 11.9. The molecule has 0 unspecified atom stereocenters. The molecule has 4 rings (SSSR count). The third kappa shape index (κ3) is 3.30. The zero-order valence-electron chi connectivity index (χ0n) is 16.8. The number of halogens is 1. The number of hydrogen-bond acceptors (Lipinski definition) is 2. The largest absolute Gasteiger partial charge is 0.264 e. The lowest BCUT2D eigenvalue weighted by Crippen LogP contribution is -2.55. The standard InChI is InChI=1S/C24H24BrNO2S/c1-23(2)17-24(3,18-9-5-4-6-10-18)21-11-7-8-12-22(21)26(23)29(27,28)20-15-13-19(25)14-16-20/h4-16H,17H2,1-3H3/t24-/m1/s1. The second-order valence-electron chi connectivity index (χ2n) is 8.43. The molecule has 3 nitrogen and oxygen atoms in total. The molecule has 0 fully saturated rings. The fraction of sp³-hybridized carbons (Fsp3) is 0.250. The van der Waals surface area contributed by atoms with Gasteiger partial charge in [-0.3, -0.25) is 4.31 Å². The van der Waals surface area contributed by atoms with Gasteiger partial charge in [-0.15, -0.1) is 0 Å². The highest BCUT2D eigenvalue weighted by Gasteiger charge is 2.49. The predicted octanol–water partition coefficient (Wildman–Crippen LogP) is 6.13. The van der Waals surface area contributed by atoms with Gasteiger partial charge in [0.15, 0.2) is 0 Å². The van der Waals surface area contributed by atoms with Crippen LogP contribution in [-0.2, 0) is 15.4 Å². The van der Waals surface area contributed by atoms with Gasteiger partial charge in [-0.25, -0.2) is 8.42 Å². The number of benzene rings is 3. The van der Waals surface area contributed by atoms with Crippen molar-refractivity contribution in [1.29, 1.82) is 0 Å². The van der Waals surface area contributed by atoms with Crippen LogP contribution in [0, 0.1) is 0 Å². The molecule has 0 aromatic heterocycles. The molecule has 29 heavy (non-hydrogen) atoms. The quantitative estimate of drug-likeness (QED) is 0.462.